The van der Waals surface area contributed by atoms with E-state index < -0.39 is 5.97 Å². The van der Waals surface area contributed by atoms with Gasteiger partial charge in [-0.1, -0.05) is 0 Å². The molecule has 0 aromatic carbocycles. The summed E-state index contributed by atoms with van der Waals surface area (Å²) in [6.07, 6.45) is 4.99. The van der Waals surface area contributed by atoms with E-state index in [9.17, 15) is 9.59 Å². The summed E-state index contributed by atoms with van der Waals surface area (Å²) in [5.41, 5.74) is 0.476. The minimum Gasteiger partial charge on any atom is -0.477 e. The number of amides is 1. The highest BCUT2D eigenvalue weighted by Gasteiger charge is 2.20. The van der Waals surface area contributed by atoms with E-state index in [0.717, 1.165) is 29.1 Å². The van der Waals surface area contributed by atoms with E-state index in [1.54, 1.807) is 24.4 Å². The molecule has 0 radical (unpaired) electrons. The first-order valence-electron chi connectivity index (χ1n) is 7.35. The van der Waals surface area contributed by atoms with Crippen LogP contribution < -0.4 is 10.1 Å². The van der Waals surface area contributed by atoms with E-state index in [1.165, 1.54) is 12.5 Å². The van der Waals surface area contributed by atoms with Crippen molar-refractivity contribution in [2.75, 3.05) is 0 Å². The summed E-state index contributed by atoms with van der Waals surface area (Å²) in [7, 11) is 0. The van der Waals surface area contributed by atoms with E-state index >= 15 is 0 Å². The standard InChI is InChI=1S/C16H16N2O4S/c19-15(18-9-12-4-5-13(23-12)16(20)21)10-6-7-17-14(8-10)22-11-2-1-3-11/h4-8,11H,1-3,9H2,(H,18,19)(H,20,21). The minimum atomic E-state index is -0.959. The van der Waals surface area contributed by atoms with E-state index in [2.05, 4.69) is 10.3 Å². The number of carboxylic acids is 1. The molecule has 1 aliphatic carbocycles. The van der Waals surface area contributed by atoms with Crippen LogP contribution in [0.4, 0.5) is 0 Å². The summed E-state index contributed by atoms with van der Waals surface area (Å²) in [5, 5.41) is 11.7. The summed E-state index contributed by atoms with van der Waals surface area (Å²) < 4.78 is 5.68. The van der Waals surface area contributed by atoms with Gasteiger partial charge in [-0.3, -0.25) is 4.79 Å². The smallest absolute Gasteiger partial charge is 0.345 e. The molecule has 0 saturated heterocycles. The van der Waals surface area contributed by atoms with Gasteiger partial charge in [-0.15, -0.1) is 11.3 Å². The number of rotatable bonds is 6. The Kier molecular flexibility index (Phi) is 4.57. The number of carbonyl (C=O) groups excluding carboxylic acids is 1. The van der Waals surface area contributed by atoms with Crippen LogP contribution in [0.5, 0.6) is 5.88 Å². The van der Waals surface area contributed by atoms with Gasteiger partial charge in [0, 0.05) is 22.7 Å². The first kappa shape index (κ1) is 15.5. The Balaban J connectivity index is 1.58. The number of aromatic carboxylic acids is 1. The van der Waals surface area contributed by atoms with Crippen LogP contribution in [0.25, 0.3) is 0 Å². The van der Waals surface area contributed by atoms with Crippen LogP contribution in [0, 0.1) is 0 Å². The van der Waals surface area contributed by atoms with Crippen LogP contribution in [-0.2, 0) is 6.54 Å². The molecule has 1 aliphatic rings. The number of hydrogen-bond acceptors (Lipinski definition) is 5. The molecule has 1 amide bonds. The van der Waals surface area contributed by atoms with E-state index in [4.69, 9.17) is 9.84 Å². The highest BCUT2D eigenvalue weighted by molar-refractivity contribution is 7.13. The molecular formula is C16H16N2O4S. The molecular weight excluding hydrogens is 316 g/mol. The van der Waals surface area contributed by atoms with Crippen LogP contribution in [0.2, 0.25) is 0 Å². The third-order valence-electron chi connectivity index (χ3n) is 3.63. The third kappa shape index (κ3) is 3.87. The van der Waals surface area contributed by atoms with Crippen molar-refractivity contribution in [1.82, 2.24) is 10.3 Å². The van der Waals surface area contributed by atoms with Gasteiger partial charge < -0.3 is 15.2 Å². The lowest BCUT2D eigenvalue weighted by molar-refractivity contribution is 0.0702. The quantitative estimate of drug-likeness (QED) is 0.849. The highest BCUT2D eigenvalue weighted by atomic mass is 32.1. The van der Waals surface area contributed by atoms with Crippen molar-refractivity contribution < 1.29 is 19.4 Å². The Hall–Kier alpha value is -2.41. The maximum atomic E-state index is 12.2. The van der Waals surface area contributed by atoms with E-state index in [0.29, 0.717) is 11.4 Å². The monoisotopic (exact) mass is 332 g/mol. The second-order valence-corrected chi connectivity index (χ2v) is 6.48. The predicted molar refractivity (Wildman–Crippen MR) is 85.0 cm³/mol. The topological polar surface area (TPSA) is 88.5 Å². The molecule has 0 bridgehead atoms. The van der Waals surface area contributed by atoms with Gasteiger partial charge in [0.25, 0.3) is 5.91 Å². The van der Waals surface area contributed by atoms with Crippen LogP contribution in [0.3, 0.4) is 0 Å². The fraction of sp³-hybridized carbons (Fsp3) is 0.312. The lowest BCUT2D eigenvalue weighted by atomic mass is 9.96. The lowest BCUT2D eigenvalue weighted by Crippen LogP contribution is -2.26. The van der Waals surface area contributed by atoms with E-state index in [-0.39, 0.29) is 23.4 Å². The van der Waals surface area contributed by atoms with Crippen LogP contribution >= 0.6 is 11.3 Å². The first-order chi connectivity index (χ1) is 11.1. The van der Waals surface area contributed by atoms with Crippen molar-refractivity contribution in [3.63, 3.8) is 0 Å². The van der Waals surface area contributed by atoms with Crippen molar-refractivity contribution in [2.45, 2.75) is 31.9 Å². The van der Waals surface area contributed by atoms with Crippen molar-refractivity contribution in [2.24, 2.45) is 0 Å². The Bertz CT molecular complexity index is 724. The van der Waals surface area contributed by atoms with E-state index in [1.807, 2.05) is 0 Å². The Morgan fingerprint density at radius 1 is 1.35 bits per heavy atom. The zero-order valence-corrected chi connectivity index (χ0v) is 13.1. The summed E-state index contributed by atoms with van der Waals surface area (Å²) >= 11 is 1.15. The average molecular weight is 332 g/mol. The Labute approximate surface area is 137 Å². The second kappa shape index (κ2) is 6.78. The van der Waals surface area contributed by atoms with Crippen molar-refractivity contribution in [1.29, 1.82) is 0 Å². The van der Waals surface area contributed by atoms with Crippen molar-refractivity contribution >= 4 is 23.2 Å². The van der Waals surface area contributed by atoms with Gasteiger partial charge in [-0.25, -0.2) is 9.78 Å². The van der Waals surface area contributed by atoms with Gasteiger partial charge in [-0.05, 0) is 37.5 Å². The number of nitrogens with one attached hydrogen (secondary N) is 1. The molecule has 0 unspecified atom stereocenters. The van der Waals surface area contributed by atoms with Gasteiger partial charge in [0.05, 0.1) is 6.54 Å². The summed E-state index contributed by atoms with van der Waals surface area (Å²) in [5.74, 6) is -0.734. The molecule has 7 heteroatoms. The first-order valence-corrected chi connectivity index (χ1v) is 8.16. The second-order valence-electron chi connectivity index (χ2n) is 5.31. The molecule has 2 aromatic heterocycles. The SMILES string of the molecule is O=C(NCc1ccc(C(=O)O)s1)c1ccnc(OC2CCC2)c1. The fourth-order valence-electron chi connectivity index (χ4n) is 2.13. The molecule has 120 valence electrons. The number of thiophene rings is 1. The molecule has 1 fully saturated rings. The lowest BCUT2D eigenvalue weighted by Gasteiger charge is -2.25. The summed E-state index contributed by atoms with van der Waals surface area (Å²) in [6, 6.07) is 6.49. The minimum absolute atomic E-state index is 0.210. The van der Waals surface area contributed by atoms with Gasteiger partial charge in [0.1, 0.15) is 11.0 Å². The molecule has 2 aromatic rings. The molecule has 0 spiro atoms. The van der Waals surface area contributed by atoms with Gasteiger partial charge in [0.2, 0.25) is 5.88 Å². The fourth-order valence-corrected chi connectivity index (χ4v) is 2.92. The number of pyridine rings is 1. The number of aromatic nitrogens is 1. The van der Waals surface area contributed by atoms with Gasteiger partial charge in [0.15, 0.2) is 0 Å². The number of nitrogens with zero attached hydrogens (tertiary/aromatic N) is 1. The van der Waals surface area contributed by atoms with Gasteiger partial charge in [-0.2, -0.15) is 0 Å². The predicted octanol–water partition coefficient (Wildman–Crippen LogP) is 2.70. The third-order valence-corrected chi connectivity index (χ3v) is 4.71. The molecule has 1 saturated carbocycles. The largest absolute Gasteiger partial charge is 0.477 e. The molecule has 2 heterocycles. The molecule has 0 atom stereocenters. The van der Waals surface area contributed by atoms with Crippen LogP contribution in [0.1, 0.15) is 44.2 Å². The average Bonchev–Trinajstić information content (AvgIpc) is 2.98. The van der Waals surface area contributed by atoms with Crippen LogP contribution in [0.15, 0.2) is 30.5 Å². The molecule has 3 rings (SSSR count). The number of carbonyl (C=O) groups is 2. The number of carboxylic acid groups (broad SMARTS) is 1. The molecule has 6 nitrogen and oxygen atoms in total. The van der Waals surface area contributed by atoms with Crippen molar-refractivity contribution in [3.8, 4) is 5.88 Å². The number of hydrogen-bond donors (Lipinski definition) is 2. The zero-order chi connectivity index (χ0) is 16.2. The van der Waals surface area contributed by atoms with Crippen LogP contribution in [-0.4, -0.2) is 28.1 Å². The van der Waals surface area contributed by atoms with Crippen molar-refractivity contribution in [3.05, 3.63) is 45.8 Å². The molecule has 23 heavy (non-hydrogen) atoms. The van der Waals surface area contributed by atoms with Gasteiger partial charge >= 0.3 is 5.97 Å². The highest BCUT2D eigenvalue weighted by Crippen LogP contribution is 2.24. The maximum absolute atomic E-state index is 12.2. The number of ether oxygens (including phenoxy) is 1. The molecule has 2 N–H and O–H groups in total. The zero-order valence-electron chi connectivity index (χ0n) is 12.3. The summed E-state index contributed by atoms with van der Waals surface area (Å²) in [6.45, 7) is 0.290. The maximum Gasteiger partial charge on any atom is 0.345 e. The summed E-state index contributed by atoms with van der Waals surface area (Å²) in [4.78, 5) is 28.2. The molecule has 0 aliphatic heterocycles. The normalized spacial score (nSPS) is 14.1. The Morgan fingerprint density at radius 3 is 2.83 bits per heavy atom. The Morgan fingerprint density at radius 2 is 2.17 bits per heavy atom.